The summed E-state index contributed by atoms with van der Waals surface area (Å²) < 4.78 is 4.86. The maximum absolute atomic E-state index is 11.6. The van der Waals surface area contributed by atoms with Crippen LogP contribution in [-0.2, 0) is 6.54 Å². The highest BCUT2D eigenvalue weighted by molar-refractivity contribution is 5.74. The Bertz CT molecular complexity index is 378. The van der Waals surface area contributed by atoms with E-state index >= 15 is 0 Å². The summed E-state index contributed by atoms with van der Waals surface area (Å²) in [6, 6.07) is -0.597. The van der Waals surface area contributed by atoms with E-state index in [0.717, 1.165) is 6.42 Å². The van der Waals surface area contributed by atoms with Crippen LogP contribution < -0.4 is 10.6 Å². The SMILES string of the molecule is Cc1noc(CNC(=O)NC(CO)CC(C)C)n1. The van der Waals surface area contributed by atoms with Crippen molar-refractivity contribution in [3.8, 4) is 0 Å². The summed E-state index contributed by atoms with van der Waals surface area (Å²) in [5.74, 6) is 1.29. The smallest absolute Gasteiger partial charge is 0.315 e. The number of carbonyl (C=O) groups excluding carboxylic acids is 1. The van der Waals surface area contributed by atoms with Crippen molar-refractivity contribution in [2.24, 2.45) is 5.92 Å². The Balaban J connectivity index is 2.32. The van der Waals surface area contributed by atoms with Crippen LogP contribution >= 0.6 is 0 Å². The molecule has 0 spiro atoms. The molecular formula is C11H20N4O3. The summed E-state index contributed by atoms with van der Waals surface area (Å²) in [7, 11) is 0. The molecule has 2 amide bonds. The molecule has 0 saturated heterocycles. The fourth-order valence-corrected chi connectivity index (χ4v) is 1.55. The normalized spacial score (nSPS) is 12.5. The quantitative estimate of drug-likeness (QED) is 0.691. The Morgan fingerprint density at radius 3 is 2.72 bits per heavy atom. The van der Waals surface area contributed by atoms with Crippen LogP contribution in [-0.4, -0.2) is 33.9 Å². The summed E-state index contributed by atoms with van der Waals surface area (Å²) in [6.07, 6.45) is 0.726. The predicted octanol–water partition coefficient (Wildman–Crippen LogP) is 0.584. The lowest BCUT2D eigenvalue weighted by atomic mass is 10.0. The zero-order valence-corrected chi connectivity index (χ0v) is 10.9. The van der Waals surface area contributed by atoms with E-state index in [0.29, 0.717) is 17.6 Å². The third-order valence-corrected chi connectivity index (χ3v) is 2.28. The number of nitrogens with one attached hydrogen (secondary N) is 2. The number of aryl methyl sites for hydroxylation is 1. The van der Waals surface area contributed by atoms with Crippen molar-refractivity contribution in [2.75, 3.05) is 6.61 Å². The van der Waals surface area contributed by atoms with E-state index in [9.17, 15) is 4.79 Å². The highest BCUT2D eigenvalue weighted by atomic mass is 16.5. The molecule has 1 heterocycles. The first-order chi connectivity index (χ1) is 8.51. The van der Waals surface area contributed by atoms with Gasteiger partial charge in [-0.2, -0.15) is 4.98 Å². The monoisotopic (exact) mass is 256 g/mol. The van der Waals surface area contributed by atoms with E-state index < -0.39 is 0 Å². The van der Waals surface area contributed by atoms with Gasteiger partial charge in [0.05, 0.1) is 19.2 Å². The van der Waals surface area contributed by atoms with Crippen molar-refractivity contribution >= 4 is 6.03 Å². The fourth-order valence-electron chi connectivity index (χ4n) is 1.55. The van der Waals surface area contributed by atoms with Crippen molar-refractivity contribution in [1.82, 2.24) is 20.8 Å². The maximum Gasteiger partial charge on any atom is 0.315 e. The van der Waals surface area contributed by atoms with Crippen LogP contribution in [0.5, 0.6) is 0 Å². The number of hydrogen-bond donors (Lipinski definition) is 3. The molecule has 1 aromatic rings. The lowest BCUT2D eigenvalue weighted by molar-refractivity contribution is 0.205. The molecule has 102 valence electrons. The minimum Gasteiger partial charge on any atom is -0.394 e. The van der Waals surface area contributed by atoms with E-state index in [-0.39, 0.29) is 25.2 Å². The highest BCUT2D eigenvalue weighted by Gasteiger charge is 2.13. The van der Waals surface area contributed by atoms with Gasteiger partial charge in [-0.1, -0.05) is 19.0 Å². The molecule has 0 aliphatic rings. The topological polar surface area (TPSA) is 100 Å². The fraction of sp³-hybridized carbons (Fsp3) is 0.727. The number of aliphatic hydroxyl groups is 1. The zero-order valence-electron chi connectivity index (χ0n) is 10.9. The molecule has 18 heavy (non-hydrogen) atoms. The minimum atomic E-state index is -0.356. The van der Waals surface area contributed by atoms with Gasteiger partial charge in [0, 0.05) is 0 Å². The molecule has 1 rings (SSSR count). The van der Waals surface area contributed by atoms with Gasteiger partial charge >= 0.3 is 6.03 Å². The second-order valence-electron chi connectivity index (χ2n) is 4.57. The second kappa shape index (κ2) is 6.95. The van der Waals surface area contributed by atoms with E-state index in [1.165, 1.54) is 0 Å². The first kappa shape index (κ1) is 14.4. The van der Waals surface area contributed by atoms with E-state index in [1.54, 1.807) is 6.92 Å². The molecule has 1 aromatic heterocycles. The Labute approximate surface area is 106 Å². The first-order valence-electron chi connectivity index (χ1n) is 5.95. The van der Waals surface area contributed by atoms with Crippen LogP contribution in [0.1, 0.15) is 32.0 Å². The summed E-state index contributed by atoms with van der Waals surface area (Å²) in [4.78, 5) is 15.5. The average Bonchev–Trinajstić information content (AvgIpc) is 2.71. The highest BCUT2D eigenvalue weighted by Crippen LogP contribution is 2.03. The van der Waals surface area contributed by atoms with E-state index in [1.807, 2.05) is 13.8 Å². The molecule has 0 aliphatic heterocycles. The van der Waals surface area contributed by atoms with Crippen molar-refractivity contribution in [3.05, 3.63) is 11.7 Å². The van der Waals surface area contributed by atoms with Gasteiger partial charge in [0.2, 0.25) is 5.89 Å². The van der Waals surface area contributed by atoms with Crippen molar-refractivity contribution in [3.63, 3.8) is 0 Å². The minimum absolute atomic E-state index is 0.0781. The number of aliphatic hydroxyl groups excluding tert-OH is 1. The van der Waals surface area contributed by atoms with Crippen molar-refractivity contribution in [2.45, 2.75) is 39.8 Å². The van der Waals surface area contributed by atoms with Crippen LogP contribution in [0.2, 0.25) is 0 Å². The van der Waals surface area contributed by atoms with Crippen molar-refractivity contribution < 1.29 is 14.4 Å². The van der Waals surface area contributed by atoms with Gasteiger partial charge in [-0.05, 0) is 19.3 Å². The molecule has 0 bridgehead atoms. The summed E-state index contributed by atoms with van der Waals surface area (Å²) in [5, 5.41) is 18.0. The molecular weight excluding hydrogens is 236 g/mol. The predicted molar refractivity (Wildman–Crippen MR) is 64.7 cm³/mol. The van der Waals surface area contributed by atoms with Crippen LogP contribution in [0.25, 0.3) is 0 Å². The van der Waals surface area contributed by atoms with Crippen LogP contribution in [0.3, 0.4) is 0 Å². The molecule has 1 atom stereocenters. The third-order valence-electron chi connectivity index (χ3n) is 2.28. The van der Waals surface area contributed by atoms with Gasteiger partial charge in [-0.25, -0.2) is 4.79 Å². The number of amides is 2. The molecule has 0 aliphatic carbocycles. The second-order valence-corrected chi connectivity index (χ2v) is 4.57. The number of nitrogens with zero attached hydrogens (tertiary/aromatic N) is 2. The number of rotatable bonds is 6. The largest absolute Gasteiger partial charge is 0.394 e. The van der Waals surface area contributed by atoms with Gasteiger partial charge in [-0.15, -0.1) is 0 Å². The summed E-state index contributed by atoms with van der Waals surface area (Å²) in [6.45, 7) is 5.86. The lowest BCUT2D eigenvalue weighted by Gasteiger charge is -2.18. The Morgan fingerprint density at radius 1 is 1.50 bits per heavy atom. The molecule has 7 nitrogen and oxygen atoms in total. The Kier molecular flexibility index (Phi) is 5.57. The molecule has 1 unspecified atom stereocenters. The Morgan fingerprint density at radius 2 is 2.22 bits per heavy atom. The number of aromatic nitrogens is 2. The zero-order chi connectivity index (χ0) is 13.5. The number of hydrogen-bond acceptors (Lipinski definition) is 5. The molecule has 7 heteroatoms. The molecule has 0 aromatic carbocycles. The average molecular weight is 256 g/mol. The standard InChI is InChI=1S/C11H20N4O3/c1-7(2)4-9(6-16)14-11(17)12-5-10-13-8(3)15-18-10/h7,9,16H,4-6H2,1-3H3,(H2,12,14,17). The molecule has 0 radical (unpaired) electrons. The van der Waals surface area contributed by atoms with Gasteiger partial charge in [0.1, 0.15) is 0 Å². The first-order valence-corrected chi connectivity index (χ1v) is 5.95. The van der Waals surface area contributed by atoms with Crippen LogP contribution in [0.15, 0.2) is 4.52 Å². The number of carbonyl (C=O) groups is 1. The molecule has 0 fully saturated rings. The van der Waals surface area contributed by atoms with Crippen molar-refractivity contribution in [1.29, 1.82) is 0 Å². The van der Waals surface area contributed by atoms with Crippen LogP contribution in [0, 0.1) is 12.8 Å². The Hall–Kier alpha value is -1.63. The third kappa shape index (κ3) is 5.13. The van der Waals surface area contributed by atoms with Gasteiger partial charge < -0.3 is 20.3 Å². The summed E-state index contributed by atoms with van der Waals surface area (Å²) >= 11 is 0. The lowest BCUT2D eigenvalue weighted by Crippen LogP contribution is -2.44. The van der Waals surface area contributed by atoms with E-state index in [4.69, 9.17) is 9.63 Å². The summed E-state index contributed by atoms with van der Waals surface area (Å²) in [5.41, 5.74) is 0. The van der Waals surface area contributed by atoms with Gasteiger partial charge in [-0.3, -0.25) is 0 Å². The van der Waals surface area contributed by atoms with E-state index in [2.05, 4.69) is 20.8 Å². The number of urea groups is 1. The van der Waals surface area contributed by atoms with Gasteiger partial charge in [0.25, 0.3) is 0 Å². The van der Waals surface area contributed by atoms with Crippen LogP contribution in [0.4, 0.5) is 4.79 Å². The maximum atomic E-state index is 11.6. The molecule has 0 saturated carbocycles. The van der Waals surface area contributed by atoms with Gasteiger partial charge in [0.15, 0.2) is 5.82 Å². The molecule has 3 N–H and O–H groups in total.